The van der Waals surface area contributed by atoms with Crippen LogP contribution in [0.4, 0.5) is 0 Å². The Morgan fingerprint density at radius 3 is 2.20 bits per heavy atom. The summed E-state index contributed by atoms with van der Waals surface area (Å²) in [7, 11) is 1.77. The number of aromatic nitrogens is 2. The number of halogens is 1. The average Bonchev–Trinajstić information content (AvgIpc) is 2.77. The zero-order valence-corrected chi connectivity index (χ0v) is 18.0. The fourth-order valence-corrected chi connectivity index (χ4v) is 3.92. The maximum Gasteiger partial charge on any atom is 0.261 e. The second-order valence-corrected chi connectivity index (χ2v) is 7.98. The lowest BCUT2D eigenvalue weighted by molar-refractivity contribution is -0.132. The summed E-state index contributed by atoms with van der Waals surface area (Å²) < 4.78 is 2.16. The molecule has 5 nitrogen and oxygen atoms in total. The third-order valence-electron chi connectivity index (χ3n) is 5.10. The molecule has 1 heterocycles. The standard InChI is InChI=1S/C24H20BrN3O2/c1-27(23(17-8-4-2-5-9-17)18-10-6-3-7-11-18)22(29)15-28-16-26-21-13-12-19(25)14-20(21)24(28)30/h2-14,16,23H,15H2,1H3. The van der Waals surface area contributed by atoms with Crippen LogP contribution in [0.5, 0.6) is 0 Å². The predicted octanol–water partition coefficient (Wildman–Crippen LogP) is 4.41. The molecule has 6 heteroatoms. The lowest BCUT2D eigenvalue weighted by atomic mass is 9.97. The molecule has 1 amide bonds. The SMILES string of the molecule is CN(C(=O)Cn1cnc2ccc(Br)cc2c1=O)C(c1ccccc1)c1ccccc1. The molecular formula is C24H20BrN3O2. The summed E-state index contributed by atoms with van der Waals surface area (Å²) in [5.74, 6) is -0.175. The number of amides is 1. The van der Waals surface area contributed by atoms with Crippen LogP contribution >= 0.6 is 15.9 Å². The second kappa shape index (κ2) is 8.63. The maximum absolute atomic E-state index is 13.2. The number of fused-ring (bicyclic) bond motifs is 1. The minimum atomic E-state index is -0.252. The minimum Gasteiger partial charge on any atom is -0.333 e. The minimum absolute atomic E-state index is 0.0824. The van der Waals surface area contributed by atoms with Gasteiger partial charge < -0.3 is 4.90 Å². The Balaban J connectivity index is 1.67. The fraction of sp³-hybridized carbons (Fsp3) is 0.125. The first kappa shape index (κ1) is 20.0. The summed E-state index contributed by atoms with van der Waals surface area (Å²) in [6.45, 7) is -0.0824. The number of rotatable bonds is 5. The predicted molar refractivity (Wildman–Crippen MR) is 121 cm³/mol. The van der Waals surface area contributed by atoms with Gasteiger partial charge in [0.2, 0.25) is 5.91 Å². The summed E-state index contributed by atoms with van der Waals surface area (Å²) in [6.07, 6.45) is 1.43. The lowest BCUT2D eigenvalue weighted by Crippen LogP contribution is -2.37. The van der Waals surface area contributed by atoms with Gasteiger partial charge in [-0.2, -0.15) is 0 Å². The van der Waals surface area contributed by atoms with Crippen molar-refractivity contribution in [1.82, 2.24) is 14.5 Å². The van der Waals surface area contributed by atoms with Gasteiger partial charge in [-0.1, -0.05) is 76.6 Å². The lowest BCUT2D eigenvalue weighted by Gasteiger charge is -2.29. The fourth-order valence-electron chi connectivity index (χ4n) is 3.56. The van der Waals surface area contributed by atoms with Gasteiger partial charge in [0, 0.05) is 11.5 Å². The number of benzene rings is 3. The molecule has 0 bridgehead atoms. The van der Waals surface area contributed by atoms with Gasteiger partial charge in [-0.25, -0.2) is 4.98 Å². The molecular weight excluding hydrogens is 442 g/mol. The molecule has 0 spiro atoms. The van der Waals surface area contributed by atoms with Gasteiger partial charge in [-0.05, 0) is 29.3 Å². The molecule has 0 aliphatic carbocycles. The Morgan fingerprint density at radius 2 is 1.60 bits per heavy atom. The van der Waals surface area contributed by atoms with Crippen LogP contribution in [-0.4, -0.2) is 27.4 Å². The zero-order chi connectivity index (χ0) is 21.1. The molecule has 0 N–H and O–H groups in total. The highest BCUT2D eigenvalue weighted by molar-refractivity contribution is 9.10. The number of likely N-dealkylation sites (N-methyl/N-ethyl adjacent to an activating group) is 1. The van der Waals surface area contributed by atoms with Gasteiger partial charge in [0.05, 0.1) is 23.3 Å². The van der Waals surface area contributed by atoms with Crippen LogP contribution < -0.4 is 5.56 Å². The average molecular weight is 462 g/mol. The molecule has 30 heavy (non-hydrogen) atoms. The molecule has 0 aliphatic rings. The molecule has 4 aromatic rings. The molecule has 0 fully saturated rings. The van der Waals surface area contributed by atoms with Crippen molar-refractivity contribution in [2.45, 2.75) is 12.6 Å². The zero-order valence-electron chi connectivity index (χ0n) is 16.4. The van der Waals surface area contributed by atoms with Crippen molar-refractivity contribution in [3.63, 3.8) is 0 Å². The second-order valence-electron chi connectivity index (χ2n) is 7.07. The number of hydrogen-bond acceptors (Lipinski definition) is 3. The van der Waals surface area contributed by atoms with Gasteiger partial charge in [-0.3, -0.25) is 14.2 Å². The van der Waals surface area contributed by atoms with Gasteiger partial charge in [0.1, 0.15) is 6.54 Å². The maximum atomic E-state index is 13.2. The van der Waals surface area contributed by atoms with E-state index in [1.54, 1.807) is 24.1 Å². The molecule has 0 aliphatic heterocycles. The van der Waals surface area contributed by atoms with E-state index in [0.717, 1.165) is 15.6 Å². The topological polar surface area (TPSA) is 55.2 Å². The van der Waals surface area contributed by atoms with E-state index in [4.69, 9.17) is 0 Å². The molecule has 0 radical (unpaired) electrons. The summed E-state index contributed by atoms with van der Waals surface area (Å²) in [6, 6.07) is 24.8. The smallest absolute Gasteiger partial charge is 0.261 e. The van der Waals surface area contributed by atoms with Crippen molar-refractivity contribution in [3.8, 4) is 0 Å². The van der Waals surface area contributed by atoms with E-state index in [1.807, 2.05) is 66.7 Å². The van der Waals surface area contributed by atoms with Crippen LogP contribution in [0.2, 0.25) is 0 Å². The van der Waals surface area contributed by atoms with Crippen molar-refractivity contribution >= 4 is 32.7 Å². The third-order valence-corrected chi connectivity index (χ3v) is 5.60. The normalized spacial score (nSPS) is 11.0. The van der Waals surface area contributed by atoms with Crippen molar-refractivity contribution < 1.29 is 4.79 Å². The quantitative estimate of drug-likeness (QED) is 0.442. The van der Waals surface area contributed by atoms with Crippen LogP contribution in [0.1, 0.15) is 17.2 Å². The Bertz CT molecular complexity index is 1200. The van der Waals surface area contributed by atoms with E-state index in [9.17, 15) is 9.59 Å². The number of carbonyl (C=O) groups is 1. The molecule has 3 aromatic carbocycles. The van der Waals surface area contributed by atoms with Crippen LogP contribution in [0.3, 0.4) is 0 Å². The van der Waals surface area contributed by atoms with Crippen molar-refractivity contribution in [2.24, 2.45) is 0 Å². The Kier molecular flexibility index (Phi) is 5.77. The van der Waals surface area contributed by atoms with Crippen LogP contribution in [-0.2, 0) is 11.3 Å². The molecule has 0 unspecified atom stereocenters. The largest absolute Gasteiger partial charge is 0.333 e. The number of carbonyl (C=O) groups excluding carboxylic acids is 1. The van der Waals surface area contributed by atoms with Gasteiger partial charge >= 0.3 is 0 Å². The highest BCUT2D eigenvalue weighted by atomic mass is 79.9. The van der Waals surface area contributed by atoms with E-state index >= 15 is 0 Å². The van der Waals surface area contributed by atoms with Crippen molar-refractivity contribution in [2.75, 3.05) is 7.05 Å². The van der Waals surface area contributed by atoms with E-state index in [-0.39, 0.29) is 24.1 Å². The first-order valence-corrected chi connectivity index (χ1v) is 10.3. The first-order valence-electron chi connectivity index (χ1n) is 9.55. The van der Waals surface area contributed by atoms with Crippen LogP contribution in [0.25, 0.3) is 10.9 Å². The van der Waals surface area contributed by atoms with Gasteiger partial charge in [0.15, 0.2) is 0 Å². The van der Waals surface area contributed by atoms with Gasteiger partial charge in [0.25, 0.3) is 5.56 Å². The Morgan fingerprint density at radius 1 is 1.00 bits per heavy atom. The summed E-state index contributed by atoms with van der Waals surface area (Å²) in [5.41, 5.74) is 2.38. The highest BCUT2D eigenvalue weighted by Crippen LogP contribution is 2.27. The van der Waals surface area contributed by atoms with Crippen LogP contribution in [0.15, 0.2) is 94.5 Å². The van der Waals surface area contributed by atoms with Crippen LogP contribution in [0, 0.1) is 0 Å². The molecule has 0 atom stereocenters. The Labute approximate surface area is 182 Å². The van der Waals surface area contributed by atoms with E-state index in [0.29, 0.717) is 10.9 Å². The molecule has 1 aromatic heterocycles. The molecule has 150 valence electrons. The summed E-state index contributed by atoms with van der Waals surface area (Å²) in [4.78, 5) is 32.1. The third kappa shape index (κ3) is 4.04. The van der Waals surface area contributed by atoms with E-state index in [2.05, 4.69) is 20.9 Å². The molecule has 0 saturated heterocycles. The first-order chi connectivity index (χ1) is 14.5. The Hall–Kier alpha value is -3.25. The summed E-state index contributed by atoms with van der Waals surface area (Å²) >= 11 is 3.38. The van der Waals surface area contributed by atoms with Gasteiger partial charge in [-0.15, -0.1) is 0 Å². The van der Waals surface area contributed by atoms with Crippen molar-refractivity contribution in [3.05, 3.63) is 111 Å². The number of hydrogen-bond donors (Lipinski definition) is 0. The number of nitrogens with zero attached hydrogens (tertiary/aromatic N) is 3. The molecule has 0 saturated carbocycles. The highest BCUT2D eigenvalue weighted by Gasteiger charge is 2.24. The monoisotopic (exact) mass is 461 g/mol. The summed E-state index contributed by atoms with van der Waals surface area (Å²) in [5, 5.41) is 0.477. The van der Waals surface area contributed by atoms with Crippen molar-refractivity contribution in [1.29, 1.82) is 0 Å². The molecule has 4 rings (SSSR count). The van der Waals surface area contributed by atoms with E-state index < -0.39 is 0 Å². The van der Waals surface area contributed by atoms with E-state index in [1.165, 1.54) is 10.9 Å².